The van der Waals surface area contributed by atoms with Crippen molar-refractivity contribution in [2.75, 3.05) is 6.61 Å². The maximum absolute atomic E-state index is 11.6. The highest BCUT2D eigenvalue weighted by atomic mass is 16.6. The number of unbranched alkanes of at least 4 members (excludes halogenated alkanes) is 6. The van der Waals surface area contributed by atoms with Crippen LogP contribution < -0.4 is 0 Å². The van der Waals surface area contributed by atoms with Crippen molar-refractivity contribution in [1.29, 1.82) is 0 Å². The molecular formula is C21H28O6. The van der Waals surface area contributed by atoms with Gasteiger partial charge in [-0.2, -0.15) is 0 Å². The lowest BCUT2D eigenvalue weighted by atomic mass is 10.1. The molecule has 0 fully saturated rings. The van der Waals surface area contributed by atoms with Crippen LogP contribution >= 0.6 is 0 Å². The van der Waals surface area contributed by atoms with Gasteiger partial charge in [0.25, 0.3) is 0 Å². The van der Waals surface area contributed by atoms with E-state index in [0.29, 0.717) is 24.2 Å². The molecule has 1 aromatic rings. The number of hydrogen-bond acceptors (Lipinski definition) is 6. The smallest absolute Gasteiger partial charge is 0.347 e. The third-order valence-electron chi connectivity index (χ3n) is 3.81. The van der Waals surface area contributed by atoms with Crippen molar-refractivity contribution >= 4 is 18.2 Å². The first-order valence-electron chi connectivity index (χ1n) is 9.46. The van der Waals surface area contributed by atoms with Gasteiger partial charge in [-0.3, -0.25) is 9.59 Å². The van der Waals surface area contributed by atoms with E-state index >= 15 is 0 Å². The number of carbonyl (C=O) groups excluding carboxylic acids is 3. The Kier molecular flexibility index (Phi) is 11.4. The molecule has 0 spiro atoms. The first-order chi connectivity index (χ1) is 13.1. The van der Waals surface area contributed by atoms with Gasteiger partial charge in [0.15, 0.2) is 23.9 Å². The molecule has 0 saturated carbocycles. The molecule has 0 N–H and O–H groups in total. The largest absolute Gasteiger partial charge is 0.463 e. The van der Waals surface area contributed by atoms with Gasteiger partial charge in [0.05, 0.1) is 6.61 Å². The van der Waals surface area contributed by atoms with Crippen LogP contribution in [0.3, 0.4) is 0 Å². The SMILES string of the molecule is CCOC(=O)C(C)OC(=O)CCCCCCCCC#Cc1ccc(C=O)o1. The minimum atomic E-state index is -0.843. The lowest BCUT2D eigenvalue weighted by molar-refractivity contribution is -0.166. The molecular weight excluding hydrogens is 348 g/mol. The van der Waals surface area contributed by atoms with E-state index in [2.05, 4.69) is 11.8 Å². The second-order valence-corrected chi connectivity index (χ2v) is 6.13. The topological polar surface area (TPSA) is 82.8 Å². The number of aldehydes is 1. The third-order valence-corrected chi connectivity index (χ3v) is 3.81. The van der Waals surface area contributed by atoms with Crippen molar-refractivity contribution in [3.63, 3.8) is 0 Å². The molecule has 0 amide bonds. The molecule has 0 aliphatic heterocycles. The Morgan fingerprint density at radius 2 is 1.85 bits per heavy atom. The van der Waals surface area contributed by atoms with Gasteiger partial charge in [0.1, 0.15) is 0 Å². The Bertz CT molecular complexity index is 649. The summed E-state index contributed by atoms with van der Waals surface area (Å²) in [5, 5.41) is 0. The van der Waals surface area contributed by atoms with Crippen molar-refractivity contribution < 1.29 is 28.3 Å². The van der Waals surface area contributed by atoms with Crippen molar-refractivity contribution in [1.82, 2.24) is 0 Å². The van der Waals surface area contributed by atoms with E-state index in [0.717, 1.165) is 44.9 Å². The Morgan fingerprint density at radius 1 is 1.15 bits per heavy atom. The van der Waals surface area contributed by atoms with Gasteiger partial charge < -0.3 is 13.9 Å². The Hall–Kier alpha value is -2.55. The molecule has 1 aromatic heterocycles. The van der Waals surface area contributed by atoms with Crippen molar-refractivity contribution in [2.45, 2.75) is 71.3 Å². The van der Waals surface area contributed by atoms with Gasteiger partial charge in [-0.05, 0) is 44.7 Å². The Morgan fingerprint density at radius 3 is 2.52 bits per heavy atom. The van der Waals surface area contributed by atoms with Crippen LogP contribution in [0.2, 0.25) is 0 Å². The number of hydrogen-bond donors (Lipinski definition) is 0. The number of furan rings is 1. The predicted molar refractivity (Wildman–Crippen MR) is 100 cm³/mol. The van der Waals surface area contributed by atoms with Crippen LogP contribution in [0, 0.1) is 11.8 Å². The first-order valence-corrected chi connectivity index (χ1v) is 9.46. The average molecular weight is 376 g/mol. The summed E-state index contributed by atoms with van der Waals surface area (Å²) in [5.41, 5.74) is 0. The van der Waals surface area contributed by atoms with Gasteiger partial charge in [-0.1, -0.05) is 31.6 Å². The van der Waals surface area contributed by atoms with Gasteiger partial charge in [-0.25, -0.2) is 4.79 Å². The van der Waals surface area contributed by atoms with Crippen molar-refractivity contribution in [3.8, 4) is 11.8 Å². The summed E-state index contributed by atoms with van der Waals surface area (Å²) in [5.74, 6) is 5.86. The third kappa shape index (κ3) is 10.2. The Labute approximate surface area is 160 Å². The highest BCUT2D eigenvalue weighted by molar-refractivity contribution is 5.78. The monoisotopic (exact) mass is 376 g/mol. The fourth-order valence-corrected chi connectivity index (χ4v) is 2.39. The molecule has 6 nitrogen and oxygen atoms in total. The molecule has 0 bridgehead atoms. The summed E-state index contributed by atoms with van der Waals surface area (Å²) in [7, 11) is 0. The van der Waals surface area contributed by atoms with E-state index in [1.54, 1.807) is 19.1 Å². The summed E-state index contributed by atoms with van der Waals surface area (Å²) >= 11 is 0. The lowest BCUT2D eigenvalue weighted by Gasteiger charge is -2.11. The van der Waals surface area contributed by atoms with Gasteiger partial charge >= 0.3 is 11.9 Å². The average Bonchev–Trinajstić information content (AvgIpc) is 3.11. The molecule has 1 rings (SSSR count). The molecule has 1 atom stereocenters. The first kappa shape index (κ1) is 22.5. The minimum Gasteiger partial charge on any atom is -0.463 e. The molecule has 0 radical (unpaired) electrons. The fraction of sp³-hybridized carbons (Fsp3) is 0.571. The molecule has 1 unspecified atom stereocenters. The summed E-state index contributed by atoms with van der Waals surface area (Å²) in [6, 6.07) is 3.29. The Balaban J connectivity index is 1.99. The van der Waals surface area contributed by atoms with Gasteiger partial charge in [0, 0.05) is 12.8 Å². The number of esters is 2. The van der Waals surface area contributed by atoms with Gasteiger partial charge in [0.2, 0.25) is 0 Å². The van der Waals surface area contributed by atoms with E-state index in [1.165, 1.54) is 6.92 Å². The summed E-state index contributed by atoms with van der Waals surface area (Å²) in [6.07, 6.45) is 6.86. The quantitative estimate of drug-likeness (QED) is 0.237. The maximum Gasteiger partial charge on any atom is 0.347 e. The number of carbonyl (C=O) groups is 3. The van der Waals surface area contributed by atoms with Crippen LogP contribution in [-0.4, -0.2) is 30.9 Å². The van der Waals surface area contributed by atoms with Crippen LogP contribution in [0.25, 0.3) is 0 Å². The number of rotatable bonds is 12. The van der Waals surface area contributed by atoms with Crippen LogP contribution in [-0.2, 0) is 19.1 Å². The highest BCUT2D eigenvalue weighted by Gasteiger charge is 2.18. The second kappa shape index (κ2) is 13.6. The molecule has 0 aliphatic rings. The van der Waals surface area contributed by atoms with E-state index in [-0.39, 0.29) is 12.6 Å². The van der Waals surface area contributed by atoms with E-state index < -0.39 is 12.1 Å². The predicted octanol–water partition coefficient (Wildman–Crippen LogP) is 4.06. The molecule has 0 aliphatic carbocycles. The van der Waals surface area contributed by atoms with Crippen LogP contribution in [0.4, 0.5) is 0 Å². The minimum absolute atomic E-state index is 0.274. The molecule has 0 saturated heterocycles. The summed E-state index contributed by atoms with van der Waals surface area (Å²) in [4.78, 5) is 33.5. The molecule has 0 aromatic carbocycles. The number of ether oxygens (including phenoxy) is 2. The van der Waals surface area contributed by atoms with E-state index in [1.807, 2.05) is 0 Å². The van der Waals surface area contributed by atoms with Crippen molar-refractivity contribution in [3.05, 3.63) is 23.7 Å². The lowest BCUT2D eigenvalue weighted by Crippen LogP contribution is -2.26. The second-order valence-electron chi connectivity index (χ2n) is 6.13. The molecule has 148 valence electrons. The molecule has 1 heterocycles. The molecule has 27 heavy (non-hydrogen) atoms. The van der Waals surface area contributed by atoms with Crippen molar-refractivity contribution in [2.24, 2.45) is 0 Å². The van der Waals surface area contributed by atoms with Crippen LogP contribution in [0.15, 0.2) is 16.5 Å². The normalized spacial score (nSPS) is 11.2. The zero-order valence-corrected chi connectivity index (χ0v) is 16.1. The zero-order valence-electron chi connectivity index (χ0n) is 16.1. The summed E-state index contributed by atoms with van der Waals surface area (Å²) < 4.78 is 15.0. The van der Waals surface area contributed by atoms with E-state index in [9.17, 15) is 14.4 Å². The zero-order chi connectivity index (χ0) is 19.9. The fourth-order valence-electron chi connectivity index (χ4n) is 2.39. The van der Waals surface area contributed by atoms with E-state index in [4.69, 9.17) is 13.9 Å². The van der Waals surface area contributed by atoms with Crippen LogP contribution in [0.1, 0.15) is 81.5 Å². The van der Waals surface area contributed by atoms with Gasteiger partial charge in [-0.15, -0.1) is 0 Å². The highest BCUT2D eigenvalue weighted by Crippen LogP contribution is 2.10. The standard InChI is InChI=1S/C21H28O6/c1-3-25-21(24)17(2)26-20(23)13-11-9-7-5-4-6-8-10-12-18-14-15-19(16-22)27-18/h14-17H,3-9,11,13H2,1-2H3. The maximum atomic E-state index is 11.6. The molecule has 6 heteroatoms. The van der Waals surface area contributed by atoms with Crippen LogP contribution in [0.5, 0.6) is 0 Å². The summed E-state index contributed by atoms with van der Waals surface area (Å²) in [6.45, 7) is 3.50.